The highest BCUT2D eigenvalue weighted by Crippen LogP contribution is 2.22. The van der Waals surface area contributed by atoms with E-state index in [2.05, 4.69) is 22.9 Å². The number of hydrogen-bond acceptors (Lipinski definition) is 2. The quantitative estimate of drug-likeness (QED) is 0.607. The predicted octanol–water partition coefficient (Wildman–Crippen LogP) is 3.23. The lowest BCUT2D eigenvalue weighted by molar-refractivity contribution is 0.0987. The number of Topliss-reactive ketones (excluding diaryl/α,β-unsaturated/α-hetero) is 1. The summed E-state index contributed by atoms with van der Waals surface area (Å²) in [6, 6.07) is 5.76. The molecule has 0 saturated heterocycles. The highest BCUT2D eigenvalue weighted by molar-refractivity contribution is 9.09. The van der Waals surface area contributed by atoms with Crippen molar-refractivity contribution in [2.24, 2.45) is 0 Å². The third-order valence-corrected chi connectivity index (χ3v) is 2.69. The van der Waals surface area contributed by atoms with Gasteiger partial charge >= 0.3 is 0 Å². The average Bonchev–Trinajstić information content (AvgIpc) is 2.28. The summed E-state index contributed by atoms with van der Waals surface area (Å²) in [5, 5.41) is 0.685. The van der Waals surface area contributed by atoms with Crippen LogP contribution < -0.4 is 4.74 Å². The third kappa shape index (κ3) is 3.06. The molecular formula is C12H15BrO2. The van der Waals surface area contributed by atoms with E-state index in [-0.39, 0.29) is 5.78 Å². The molecule has 0 radical (unpaired) electrons. The fraction of sp³-hybridized carbons (Fsp3) is 0.417. The van der Waals surface area contributed by atoms with Crippen molar-refractivity contribution in [2.45, 2.75) is 19.8 Å². The van der Waals surface area contributed by atoms with Crippen LogP contribution in [-0.4, -0.2) is 18.2 Å². The maximum atomic E-state index is 11.7. The average molecular weight is 271 g/mol. The Morgan fingerprint density at radius 3 is 2.73 bits per heavy atom. The lowest BCUT2D eigenvalue weighted by Gasteiger charge is -2.08. The molecule has 1 aromatic rings. The molecule has 82 valence electrons. The van der Waals surface area contributed by atoms with Crippen molar-refractivity contribution < 1.29 is 9.53 Å². The fourth-order valence-electron chi connectivity index (χ4n) is 1.41. The maximum Gasteiger partial charge on any atom is 0.167 e. The number of alkyl halides is 1. The molecule has 0 spiro atoms. The van der Waals surface area contributed by atoms with Gasteiger partial charge in [0.2, 0.25) is 0 Å². The van der Waals surface area contributed by atoms with Gasteiger partial charge in [0.25, 0.3) is 0 Å². The Morgan fingerprint density at radius 1 is 1.47 bits per heavy atom. The van der Waals surface area contributed by atoms with Gasteiger partial charge in [-0.1, -0.05) is 28.9 Å². The fourth-order valence-corrected chi connectivity index (χ4v) is 1.77. The van der Waals surface area contributed by atoms with Crippen LogP contribution in [0.5, 0.6) is 5.75 Å². The molecule has 0 fully saturated rings. The van der Waals surface area contributed by atoms with Gasteiger partial charge in [-0.2, -0.15) is 0 Å². The molecule has 0 bridgehead atoms. The minimum absolute atomic E-state index is 0.117. The maximum absolute atomic E-state index is 11.7. The number of rotatable bonds is 5. The molecule has 0 aliphatic carbocycles. The van der Waals surface area contributed by atoms with Gasteiger partial charge in [0.05, 0.1) is 12.7 Å². The van der Waals surface area contributed by atoms with Gasteiger partial charge in [-0.3, -0.25) is 4.79 Å². The van der Waals surface area contributed by atoms with Crippen LogP contribution in [-0.2, 0) is 6.42 Å². The Balaban J connectivity index is 3.02. The van der Waals surface area contributed by atoms with Gasteiger partial charge in [-0.25, -0.2) is 0 Å². The van der Waals surface area contributed by atoms with E-state index in [0.29, 0.717) is 23.1 Å². The molecule has 0 atom stereocenters. The Kier molecular flexibility index (Phi) is 4.82. The Hall–Kier alpha value is -0.830. The van der Waals surface area contributed by atoms with E-state index in [4.69, 9.17) is 4.74 Å². The van der Waals surface area contributed by atoms with E-state index in [9.17, 15) is 4.79 Å². The molecule has 3 heteroatoms. The molecule has 0 amide bonds. The van der Waals surface area contributed by atoms with Crippen molar-refractivity contribution in [3.8, 4) is 5.75 Å². The number of ether oxygens (including phenoxy) is 1. The van der Waals surface area contributed by atoms with Crippen LogP contribution in [0.15, 0.2) is 18.2 Å². The number of aryl methyl sites for hydroxylation is 1. The number of carbonyl (C=O) groups excluding carboxylic acids is 1. The van der Waals surface area contributed by atoms with E-state index in [1.807, 2.05) is 18.2 Å². The standard InChI is InChI=1S/C12H15BrO2/c1-3-9-4-5-10(11(14)6-7-13)12(8-9)15-2/h4-5,8H,3,6-7H2,1-2H3. The smallest absolute Gasteiger partial charge is 0.167 e. The monoisotopic (exact) mass is 270 g/mol. The molecule has 15 heavy (non-hydrogen) atoms. The molecule has 0 aliphatic heterocycles. The summed E-state index contributed by atoms with van der Waals surface area (Å²) >= 11 is 3.26. The van der Waals surface area contributed by atoms with E-state index in [1.54, 1.807) is 7.11 Å². The Morgan fingerprint density at radius 2 is 2.20 bits per heavy atom. The number of benzene rings is 1. The van der Waals surface area contributed by atoms with Gasteiger partial charge in [0.1, 0.15) is 5.75 Å². The van der Waals surface area contributed by atoms with Crippen LogP contribution in [0.2, 0.25) is 0 Å². The number of methoxy groups -OCH3 is 1. The number of carbonyl (C=O) groups is 1. The second kappa shape index (κ2) is 5.91. The Labute approximate surface area is 98.8 Å². The van der Waals surface area contributed by atoms with Gasteiger partial charge < -0.3 is 4.74 Å². The molecule has 0 aromatic heterocycles. The first kappa shape index (κ1) is 12.2. The van der Waals surface area contributed by atoms with E-state index < -0.39 is 0 Å². The van der Waals surface area contributed by atoms with E-state index in [0.717, 1.165) is 6.42 Å². The summed E-state index contributed by atoms with van der Waals surface area (Å²) in [5.41, 5.74) is 1.86. The van der Waals surface area contributed by atoms with E-state index >= 15 is 0 Å². The first-order chi connectivity index (χ1) is 7.22. The van der Waals surface area contributed by atoms with Gasteiger partial charge in [0.15, 0.2) is 5.78 Å². The summed E-state index contributed by atoms with van der Waals surface area (Å²) in [4.78, 5) is 11.7. The summed E-state index contributed by atoms with van der Waals surface area (Å²) in [7, 11) is 1.60. The van der Waals surface area contributed by atoms with Crippen LogP contribution in [0.25, 0.3) is 0 Å². The van der Waals surface area contributed by atoms with Gasteiger partial charge in [-0.05, 0) is 24.1 Å². The van der Waals surface area contributed by atoms with Crippen molar-refractivity contribution >= 4 is 21.7 Å². The summed E-state index contributed by atoms with van der Waals surface area (Å²) < 4.78 is 5.22. The zero-order chi connectivity index (χ0) is 11.3. The van der Waals surface area contributed by atoms with Crippen LogP contribution in [0.1, 0.15) is 29.3 Å². The second-order valence-corrected chi connectivity index (χ2v) is 4.04. The molecular weight excluding hydrogens is 256 g/mol. The second-order valence-electron chi connectivity index (χ2n) is 3.25. The van der Waals surface area contributed by atoms with Crippen LogP contribution in [0.4, 0.5) is 0 Å². The van der Waals surface area contributed by atoms with Gasteiger partial charge in [-0.15, -0.1) is 0 Å². The predicted molar refractivity (Wildman–Crippen MR) is 65.1 cm³/mol. The topological polar surface area (TPSA) is 26.3 Å². The van der Waals surface area contributed by atoms with Crippen molar-refractivity contribution in [1.82, 2.24) is 0 Å². The van der Waals surface area contributed by atoms with Crippen LogP contribution >= 0.6 is 15.9 Å². The zero-order valence-corrected chi connectivity index (χ0v) is 10.6. The molecule has 0 aliphatic rings. The summed E-state index contributed by atoms with van der Waals surface area (Å²) in [6.45, 7) is 2.08. The lowest BCUT2D eigenvalue weighted by Crippen LogP contribution is -2.03. The normalized spacial score (nSPS) is 10.1. The lowest BCUT2D eigenvalue weighted by atomic mass is 10.0. The third-order valence-electron chi connectivity index (χ3n) is 2.30. The number of halogens is 1. The molecule has 2 nitrogen and oxygen atoms in total. The number of ketones is 1. The molecule has 0 heterocycles. The summed E-state index contributed by atoms with van der Waals surface area (Å²) in [6.07, 6.45) is 1.45. The van der Waals surface area contributed by atoms with Crippen molar-refractivity contribution in [3.63, 3.8) is 0 Å². The SMILES string of the molecule is CCc1ccc(C(=O)CCBr)c(OC)c1. The number of hydrogen-bond donors (Lipinski definition) is 0. The first-order valence-electron chi connectivity index (χ1n) is 4.99. The van der Waals surface area contributed by atoms with Crippen molar-refractivity contribution in [2.75, 3.05) is 12.4 Å². The molecule has 1 aromatic carbocycles. The van der Waals surface area contributed by atoms with Crippen molar-refractivity contribution in [3.05, 3.63) is 29.3 Å². The highest BCUT2D eigenvalue weighted by Gasteiger charge is 2.11. The Bertz CT molecular complexity index is 347. The minimum atomic E-state index is 0.117. The molecule has 0 saturated carbocycles. The van der Waals surface area contributed by atoms with Crippen LogP contribution in [0, 0.1) is 0 Å². The first-order valence-corrected chi connectivity index (χ1v) is 6.11. The summed E-state index contributed by atoms with van der Waals surface area (Å²) in [5.74, 6) is 0.798. The van der Waals surface area contributed by atoms with E-state index in [1.165, 1.54) is 5.56 Å². The zero-order valence-electron chi connectivity index (χ0n) is 9.05. The highest BCUT2D eigenvalue weighted by atomic mass is 79.9. The van der Waals surface area contributed by atoms with Gasteiger partial charge in [0, 0.05) is 11.8 Å². The minimum Gasteiger partial charge on any atom is -0.496 e. The molecule has 0 N–H and O–H groups in total. The largest absolute Gasteiger partial charge is 0.496 e. The molecule has 1 rings (SSSR count). The molecule has 0 unspecified atom stereocenters. The van der Waals surface area contributed by atoms with Crippen molar-refractivity contribution in [1.29, 1.82) is 0 Å². The van der Waals surface area contributed by atoms with Crippen LogP contribution in [0.3, 0.4) is 0 Å².